The summed E-state index contributed by atoms with van der Waals surface area (Å²) in [4.78, 5) is 15.4. The predicted molar refractivity (Wildman–Crippen MR) is 445 cm³/mol. The third-order valence-corrected chi connectivity index (χ3v) is 23.7. The summed E-state index contributed by atoms with van der Waals surface area (Å²) in [7, 11) is 0. The molecule has 0 amide bonds. The SMILES string of the molecule is c1ccc(-c2cccc(-c3ccccc3)c2N2c3cc4c(cc3B3c5sc6ccccc6c5N(c5ccccc5)c5cc(N(c6ccccc6)c6ccccc6)cc2c53)B2c3sc5ccccc5c3N(c3ccccc3)c3cc(N(c5ccccc5)c5ccccc5)cc(c32)N4c2ccccc2)cc1. The Morgan fingerprint density at radius 2 is 0.538 bits per heavy atom. The average Bonchev–Trinajstić information content (AvgIpc) is 1.16. The molecule has 0 unspecified atom stereocenters. The number of hydrogen-bond donors (Lipinski definition) is 0. The lowest BCUT2D eigenvalue weighted by Crippen LogP contribution is -2.64. The molecule has 104 heavy (non-hydrogen) atoms. The molecule has 0 saturated carbocycles. The van der Waals surface area contributed by atoms with Gasteiger partial charge in [-0.3, -0.25) is 0 Å². The Morgan fingerprint density at radius 1 is 0.231 bits per heavy atom. The van der Waals surface area contributed by atoms with Crippen LogP contribution in [0.1, 0.15) is 0 Å². The van der Waals surface area contributed by atoms with Crippen molar-refractivity contribution in [3.05, 3.63) is 376 Å². The number of hydrogen-bond acceptors (Lipinski definition) is 8. The summed E-state index contributed by atoms with van der Waals surface area (Å²) in [6.07, 6.45) is 0. The van der Waals surface area contributed by atoms with E-state index in [0.717, 1.165) is 113 Å². The topological polar surface area (TPSA) is 19.4 Å². The van der Waals surface area contributed by atoms with E-state index < -0.39 is 0 Å². The molecule has 0 bridgehead atoms. The highest BCUT2D eigenvalue weighted by atomic mass is 32.1. The lowest BCUT2D eigenvalue weighted by molar-refractivity contribution is 1.22. The summed E-state index contributed by atoms with van der Waals surface area (Å²) in [5.41, 5.74) is 29.4. The summed E-state index contributed by atoms with van der Waals surface area (Å²) in [5.74, 6) is 0. The van der Waals surface area contributed by atoms with Crippen LogP contribution in [0, 0.1) is 0 Å². The minimum absolute atomic E-state index is 0.214. The van der Waals surface area contributed by atoms with E-state index in [9.17, 15) is 0 Å². The quantitative estimate of drug-likeness (QED) is 0.113. The van der Waals surface area contributed by atoms with Crippen LogP contribution < -0.4 is 60.8 Å². The zero-order valence-electron chi connectivity index (χ0n) is 56.5. The van der Waals surface area contributed by atoms with Crippen LogP contribution in [0.3, 0.4) is 0 Å². The Bertz CT molecular complexity index is 6010. The summed E-state index contributed by atoms with van der Waals surface area (Å²) < 4.78 is 5.13. The highest BCUT2D eigenvalue weighted by Gasteiger charge is 2.51. The summed E-state index contributed by atoms with van der Waals surface area (Å²) in [6, 6.07) is 140. The molecule has 0 fully saturated rings. The summed E-state index contributed by atoms with van der Waals surface area (Å²) in [5, 5.41) is 2.46. The Balaban J connectivity index is 0.947. The fourth-order valence-corrected chi connectivity index (χ4v) is 19.7. The third-order valence-electron chi connectivity index (χ3n) is 21.3. The van der Waals surface area contributed by atoms with Gasteiger partial charge in [0, 0.05) is 115 Å². The van der Waals surface area contributed by atoms with Gasteiger partial charge in [-0.15, -0.1) is 22.7 Å². The maximum Gasteiger partial charge on any atom is 0.264 e. The number of benzene rings is 15. The minimum atomic E-state index is -0.242. The molecule has 2 aromatic heterocycles. The second-order valence-electron chi connectivity index (χ2n) is 27.0. The second kappa shape index (κ2) is 24.5. The van der Waals surface area contributed by atoms with Gasteiger partial charge in [0.15, 0.2) is 0 Å². The van der Waals surface area contributed by atoms with Crippen molar-refractivity contribution in [2.24, 2.45) is 0 Å². The lowest BCUT2D eigenvalue weighted by Gasteiger charge is -2.47. The van der Waals surface area contributed by atoms with Crippen LogP contribution in [0.15, 0.2) is 376 Å². The van der Waals surface area contributed by atoms with Crippen molar-refractivity contribution < 1.29 is 0 Å². The first-order valence-corrected chi connectivity index (χ1v) is 37.3. The molecule has 0 radical (unpaired) electrons. The largest absolute Gasteiger partial charge is 0.311 e. The lowest BCUT2D eigenvalue weighted by atomic mass is 9.32. The maximum absolute atomic E-state index is 2.71. The van der Waals surface area contributed by atoms with Crippen LogP contribution in [0.5, 0.6) is 0 Å². The zero-order chi connectivity index (χ0) is 68.3. The van der Waals surface area contributed by atoms with Gasteiger partial charge in [-0.25, -0.2) is 0 Å². The monoisotopic (exact) mass is 1360 g/mol. The summed E-state index contributed by atoms with van der Waals surface area (Å²) >= 11 is 3.89. The molecular formula is C94H62B2N6S2. The summed E-state index contributed by atoms with van der Waals surface area (Å²) in [6.45, 7) is -0.456. The fraction of sp³-hybridized carbons (Fsp3) is 0. The molecule has 15 aromatic carbocycles. The van der Waals surface area contributed by atoms with E-state index in [2.05, 4.69) is 406 Å². The molecule has 0 spiro atoms. The first-order chi connectivity index (χ1) is 51.7. The first-order valence-electron chi connectivity index (χ1n) is 35.6. The number of fused-ring (bicyclic) bond motifs is 12. The van der Waals surface area contributed by atoms with E-state index in [1.807, 2.05) is 22.7 Å². The van der Waals surface area contributed by atoms with Gasteiger partial charge in [0.25, 0.3) is 13.4 Å². The van der Waals surface area contributed by atoms with E-state index in [1.165, 1.54) is 63.0 Å². The van der Waals surface area contributed by atoms with Crippen molar-refractivity contribution >= 4 is 190 Å². The molecule has 4 aliphatic heterocycles. The normalized spacial score (nSPS) is 12.9. The van der Waals surface area contributed by atoms with Gasteiger partial charge in [0.05, 0.1) is 28.4 Å². The molecule has 21 rings (SSSR count). The number of thiophene rings is 2. The Labute approximate surface area is 613 Å². The number of rotatable bonds is 12. The van der Waals surface area contributed by atoms with Crippen molar-refractivity contribution in [2.45, 2.75) is 0 Å². The van der Waals surface area contributed by atoms with Crippen LogP contribution in [-0.4, -0.2) is 13.4 Å². The van der Waals surface area contributed by atoms with Crippen LogP contribution >= 0.6 is 22.7 Å². The number of para-hydroxylation sites is 8. The molecule has 6 nitrogen and oxygen atoms in total. The van der Waals surface area contributed by atoms with Crippen LogP contribution in [0.25, 0.3) is 42.4 Å². The van der Waals surface area contributed by atoms with Gasteiger partial charge in [-0.2, -0.15) is 0 Å². The smallest absolute Gasteiger partial charge is 0.264 e. The molecule has 4 aliphatic rings. The molecule has 0 atom stereocenters. The molecular weight excluding hydrogens is 1300 g/mol. The van der Waals surface area contributed by atoms with E-state index >= 15 is 0 Å². The van der Waals surface area contributed by atoms with E-state index in [0.29, 0.717) is 0 Å². The van der Waals surface area contributed by atoms with Crippen molar-refractivity contribution in [3.63, 3.8) is 0 Å². The Morgan fingerprint density at radius 3 is 0.923 bits per heavy atom. The Hall–Kier alpha value is -12.9. The van der Waals surface area contributed by atoms with Crippen molar-refractivity contribution in [2.75, 3.05) is 29.4 Å². The Kier molecular flexibility index (Phi) is 14.1. The first kappa shape index (κ1) is 60.0. The molecule has 0 N–H and O–H groups in total. The van der Waals surface area contributed by atoms with Gasteiger partial charge >= 0.3 is 0 Å². The van der Waals surface area contributed by atoms with E-state index in [-0.39, 0.29) is 13.4 Å². The maximum atomic E-state index is 2.71. The molecule has 17 aromatic rings. The van der Waals surface area contributed by atoms with E-state index in [1.54, 1.807) is 0 Å². The van der Waals surface area contributed by atoms with Gasteiger partial charge in [0.1, 0.15) is 0 Å². The van der Waals surface area contributed by atoms with E-state index in [4.69, 9.17) is 0 Å². The van der Waals surface area contributed by atoms with Crippen LogP contribution in [0.2, 0.25) is 0 Å². The standard InChI is InChI=1S/C94H62B2N6S2/c1-10-33-63(34-11-1)74-53-32-54-75(64-35-12-2-13-36-64)90(74)102-81-62-80-78(61-79(81)96-89-84(101(71-49-26-9-27-50-71)92-77-52-29-31-56-87(77)104-94(92)96)59-73(60-85(89)102)98(67-41-18-5-19-42-67)68-43-20-6-21-44-68)95-88-82(99(80)69-45-22-7-23-46-69)57-72(97(65-37-14-3-15-38-65)66-39-16-4-17-40-66)58-83(88)100(70-47-24-8-25-48-70)91-76-51-28-30-55-86(76)103-93(91)95/h1-62H. The average molecular weight is 1360 g/mol. The predicted octanol–water partition coefficient (Wildman–Crippen LogP) is 22.6. The van der Waals surface area contributed by atoms with Crippen molar-refractivity contribution in [1.29, 1.82) is 0 Å². The van der Waals surface area contributed by atoms with Gasteiger partial charge < -0.3 is 29.4 Å². The van der Waals surface area contributed by atoms with Crippen molar-refractivity contribution in [1.82, 2.24) is 0 Å². The second-order valence-corrected chi connectivity index (χ2v) is 29.2. The highest BCUT2D eigenvalue weighted by molar-refractivity contribution is 7.35. The zero-order valence-corrected chi connectivity index (χ0v) is 58.1. The van der Waals surface area contributed by atoms with Gasteiger partial charge in [-0.05, 0) is 160 Å². The van der Waals surface area contributed by atoms with Crippen LogP contribution in [-0.2, 0) is 0 Å². The number of nitrogens with zero attached hydrogens (tertiary/aromatic N) is 6. The van der Waals surface area contributed by atoms with Crippen LogP contribution in [0.4, 0.5) is 102 Å². The molecule has 486 valence electrons. The highest BCUT2D eigenvalue weighted by Crippen LogP contribution is 2.57. The fourth-order valence-electron chi connectivity index (χ4n) is 17.1. The van der Waals surface area contributed by atoms with Gasteiger partial charge in [0.2, 0.25) is 0 Å². The third kappa shape index (κ3) is 9.42. The molecule has 10 heteroatoms. The number of anilines is 18. The van der Waals surface area contributed by atoms with Crippen molar-refractivity contribution in [3.8, 4) is 22.3 Å². The molecule has 6 heterocycles. The molecule has 0 aliphatic carbocycles. The molecule has 0 saturated heterocycles. The van der Waals surface area contributed by atoms with Gasteiger partial charge in [-0.1, -0.05) is 249 Å². The minimum Gasteiger partial charge on any atom is -0.311 e.